The van der Waals surface area contributed by atoms with Crippen LogP contribution in [0.2, 0.25) is 0 Å². The molecule has 1 amide bonds. The first-order chi connectivity index (χ1) is 11.9. The third-order valence-electron chi connectivity index (χ3n) is 4.88. The summed E-state index contributed by atoms with van der Waals surface area (Å²) in [6, 6.07) is 5.96. The molecule has 1 fully saturated rings. The van der Waals surface area contributed by atoms with Crippen LogP contribution in [0.15, 0.2) is 18.2 Å². The number of aromatic nitrogens is 1. The van der Waals surface area contributed by atoms with Gasteiger partial charge in [-0.2, -0.15) is 0 Å². The maximum absolute atomic E-state index is 12.1. The smallest absolute Gasteiger partial charge is 0.399 e. The molecule has 0 spiro atoms. The Morgan fingerprint density at radius 2 is 1.81 bits per heavy atom. The van der Waals surface area contributed by atoms with Crippen molar-refractivity contribution in [1.29, 1.82) is 0 Å². The first kappa shape index (κ1) is 19.3. The molecule has 1 N–H and O–H groups in total. The number of amides is 1. The number of nitrogens with zero attached hydrogens (tertiary/aromatic N) is 1. The fourth-order valence-electron chi connectivity index (χ4n) is 2.77. The lowest BCUT2D eigenvalue weighted by Crippen LogP contribution is -2.41. The zero-order valence-corrected chi connectivity index (χ0v) is 17.4. The normalized spacial score (nSPS) is 19.1. The number of benzene rings is 1. The molecule has 0 radical (unpaired) electrons. The molecule has 1 aromatic carbocycles. The van der Waals surface area contributed by atoms with Crippen LogP contribution in [-0.2, 0) is 14.1 Å². The highest BCUT2D eigenvalue weighted by atomic mass is 32.1. The van der Waals surface area contributed by atoms with Gasteiger partial charge < -0.3 is 14.6 Å². The van der Waals surface area contributed by atoms with Gasteiger partial charge in [0.2, 0.25) is 5.91 Å². The summed E-state index contributed by atoms with van der Waals surface area (Å²) >= 11 is 1.47. The Balaban J connectivity index is 1.79. The molecule has 2 heterocycles. The van der Waals surface area contributed by atoms with E-state index in [1.54, 1.807) is 0 Å². The van der Waals surface area contributed by atoms with E-state index in [0.29, 0.717) is 11.6 Å². The largest absolute Gasteiger partial charge is 0.494 e. The fraction of sp³-hybridized carbons (Fsp3) is 0.579. The third kappa shape index (κ3) is 3.95. The standard InChI is InChI=1S/C19H27BN2O3S/c1-17(2,3)11-15(23)22-16-21-13-9-8-12(10-14(13)26-16)20-24-18(4,5)19(6,7)25-20/h8-10H,11H2,1-7H3,(H,21,22,23). The summed E-state index contributed by atoms with van der Waals surface area (Å²) in [5.41, 5.74) is 1.04. The Morgan fingerprint density at radius 1 is 1.19 bits per heavy atom. The number of rotatable bonds is 3. The SMILES string of the molecule is CC(C)(C)CC(=O)Nc1nc2ccc(B3OC(C)(C)C(C)(C)O3)cc2s1. The predicted octanol–water partition coefficient (Wildman–Crippen LogP) is 3.97. The van der Waals surface area contributed by atoms with Crippen LogP contribution in [0.4, 0.5) is 5.13 Å². The minimum atomic E-state index is -0.398. The molecular formula is C19H27BN2O3S. The quantitative estimate of drug-likeness (QED) is 0.826. The van der Waals surface area contributed by atoms with Crippen molar-refractivity contribution >= 4 is 45.2 Å². The van der Waals surface area contributed by atoms with E-state index in [0.717, 1.165) is 15.7 Å². The second-order valence-electron chi connectivity index (χ2n) is 9.12. The predicted molar refractivity (Wildman–Crippen MR) is 108 cm³/mol. The summed E-state index contributed by atoms with van der Waals surface area (Å²) in [7, 11) is -0.398. The molecule has 7 heteroatoms. The van der Waals surface area contributed by atoms with Gasteiger partial charge in [-0.25, -0.2) is 4.98 Å². The first-order valence-electron chi connectivity index (χ1n) is 8.92. The average Bonchev–Trinajstić information content (AvgIpc) is 2.93. The van der Waals surface area contributed by atoms with Crippen LogP contribution in [0.3, 0.4) is 0 Å². The summed E-state index contributed by atoms with van der Waals surface area (Å²) < 4.78 is 13.2. The third-order valence-corrected chi connectivity index (χ3v) is 5.81. The van der Waals surface area contributed by atoms with Crippen molar-refractivity contribution in [2.75, 3.05) is 5.32 Å². The van der Waals surface area contributed by atoms with Crippen molar-refractivity contribution in [2.24, 2.45) is 5.41 Å². The van der Waals surface area contributed by atoms with Crippen LogP contribution in [0.1, 0.15) is 54.9 Å². The molecule has 3 rings (SSSR count). The van der Waals surface area contributed by atoms with Crippen LogP contribution in [-0.4, -0.2) is 29.2 Å². The van der Waals surface area contributed by atoms with Gasteiger partial charge in [-0.1, -0.05) is 38.2 Å². The number of carbonyl (C=O) groups excluding carboxylic acids is 1. The van der Waals surface area contributed by atoms with Gasteiger partial charge >= 0.3 is 7.12 Å². The van der Waals surface area contributed by atoms with E-state index in [1.165, 1.54) is 11.3 Å². The van der Waals surface area contributed by atoms with E-state index in [4.69, 9.17) is 9.31 Å². The number of hydrogen-bond acceptors (Lipinski definition) is 5. The Kier molecular flexibility index (Phi) is 4.70. The maximum atomic E-state index is 12.1. The molecule has 0 aliphatic carbocycles. The van der Waals surface area contributed by atoms with Crippen LogP contribution in [0, 0.1) is 5.41 Å². The van der Waals surface area contributed by atoms with Crippen molar-refractivity contribution in [2.45, 2.75) is 66.1 Å². The minimum Gasteiger partial charge on any atom is -0.399 e. The molecule has 140 valence electrons. The van der Waals surface area contributed by atoms with E-state index in [9.17, 15) is 4.79 Å². The highest BCUT2D eigenvalue weighted by Crippen LogP contribution is 2.37. The van der Waals surface area contributed by atoms with Gasteiger partial charge in [0, 0.05) is 6.42 Å². The molecule has 5 nitrogen and oxygen atoms in total. The number of thiazole rings is 1. The summed E-state index contributed by atoms with van der Waals surface area (Å²) in [6.45, 7) is 14.3. The zero-order chi connectivity index (χ0) is 19.3. The number of fused-ring (bicyclic) bond motifs is 1. The van der Waals surface area contributed by atoms with Crippen LogP contribution >= 0.6 is 11.3 Å². The molecule has 0 bridgehead atoms. The molecule has 1 aliphatic rings. The minimum absolute atomic E-state index is 0.0114. The molecule has 26 heavy (non-hydrogen) atoms. The Morgan fingerprint density at radius 3 is 2.38 bits per heavy atom. The lowest BCUT2D eigenvalue weighted by Gasteiger charge is -2.32. The van der Waals surface area contributed by atoms with Gasteiger partial charge in [0.25, 0.3) is 0 Å². The van der Waals surface area contributed by atoms with Crippen molar-refractivity contribution in [3.63, 3.8) is 0 Å². The van der Waals surface area contributed by atoms with Gasteiger partial charge in [0.1, 0.15) is 0 Å². The molecule has 2 aromatic rings. The number of hydrogen-bond donors (Lipinski definition) is 1. The fourth-order valence-corrected chi connectivity index (χ4v) is 3.70. The maximum Gasteiger partial charge on any atom is 0.494 e. The molecule has 0 atom stereocenters. The Hall–Kier alpha value is -1.44. The number of nitrogens with one attached hydrogen (secondary N) is 1. The summed E-state index contributed by atoms with van der Waals surface area (Å²) in [6.07, 6.45) is 0.460. The monoisotopic (exact) mass is 374 g/mol. The molecular weight excluding hydrogens is 347 g/mol. The number of carbonyl (C=O) groups is 1. The average molecular weight is 374 g/mol. The van der Waals surface area contributed by atoms with E-state index in [2.05, 4.69) is 10.3 Å². The van der Waals surface area contributed by atoms with E-state index < -0.39 is 7.12 Å². The molecule has 1 aliphatic heterocycles. The second kappa shape index (κ2) is 6.32. The lowest BCUT2D eigenvalue weighted by molar-refractivity contribution is -0.117. The summed E-state index contributed by atoms with van der Waals surface area (Å²) in [4.78, 5) is 16.7. The molecule has 1 saturated heterocycles. The first-order valence-corrected chi connectivity index (χ1v) is 9.74. The summed E-state index contributed by atoms with van der Waals surface area (Å²) in [5, 5.41) is 3.53. The molecule has 1 aromatic heterocycles. The van der Waals surface area contributed by atoms with Crippen LogP contribution in [0.25, 0.3) is 10.2 Å². The van der Waals surface area contributed by atoms with Crippen molar-refractivity contribution < 1.29 is 14.1 Å². The highest BCUT2D eigenvalue weighted by Gasteiger charge is 2.51. The Bertz CT molecular complexity index is 823. The van der Waals surface area contributed by atoms with E-state index in [1.807, 2.05) is 66.7 Å². The number of anilines is 1. The highest BCUT2D eigenvalue weighted by molar-refractivity contribution is 7.22. The Labute approximate surface area is 159 Å². The van der Waals surface area contributed by atoms with Crippen molar-refractivity contribution in [1.82, 2.24) is 4.98 Å². The van der Waals surface area contributed by atoms with Crippen LogP contribution < -0.4 is 10.8 Å². The van der Waals surface area contributed by atoms with Gasteiger partial charge in [-0.3, -0.25) is 4.79 Å². The van der Waals surface area contributed by atoms with Crippen molar-refractivity contribution in [3.05, 3.63) is 18.2 Å². The van der Waals surface area contributed by atoms with Crippen LogP contribution in [0.5, 0.6) is 0 Å². The van der Waals surface area contributed by atoms with E-state index >= 15 is 0 Å². The van der Waals surface area contributed by atoms with Gasteiger partial charge in [0.05, 0.1) is 21.4 Å². The van der Waals surface area contributed by atoms with E-state index in [-0.39, 0.29) is 22.5 Å². The zero-order valence-electron chi connectivity index (χ0n) is 16.6. The van der Waals surface area contributed by atoms with Gasteiger partial charge in [-0.05, 0) is 50.7 Å². The van der Waals surface area contributed by atoms with Gasteiger partial charge in [-0.15, -0.1) is 0 Å². The second-order valence-corrected chi connectivity index (χ2v) is 10.2. The topological polar surface area (TPSA) is 60.5 Å². The van der Waals surface area contributed by atoms with Gasteiger partial charge in [0.15, 0.2) is 5.13 Å². The summed E-state index contributed by atoms with van der Waals surface area (Å²) in [5.74, 6) is -0.0114. The molecule has 0 unspecified atom stereocenters. The van der Waals surface area contributed by atoms with Crippen molar-refractivity contribution in [3.8, 4) is 0 Å². The lowest BCUT2D eigenvalue weighted by atomic mass is 9.79. The molecule has 0 saturated carbocycles.